The first-order valence-corrected chi connectivity index (χ1v) is 6.08. The second-order valence-electron chi connectivity index (χ2n) is 5.75. The lowest BCUT2D eigenvalue weighted by atomic mass is 10.0. The molecule has 0 aliphatic carbocycles. The fourth-order valence-electron chi connectivity index (χ4n) is 1.41. The van der Waals surface area contributed by atoms with Gasteiger partial charge in [0.2, 0.25) is 0 Å². The minimum Gasteiger partial charge on any atom is -0.312 e. The Balaban J connectivity index is 3.42. The Morgan fingerprint density at radius 1 is 1.20 bits per heavy atom. The van der Waals surface area contributed by atoms with Crippen LogP contribution in [0.4, 0.5) is 0 Å². The van der Waals surface area contributed by atoms with Crippen LogP contribution >= 0.6 is 0 Å². The lowest BCUT2D eigenvalue weighted by Gasteiger charge is -2.20. The fraction of sp³-hybridized carbons (Fsp3) is 0.923. The number of carbonyl (C=O) groups excluding carboxylic acids is 1. The lowest BCUT2D eigenvalue weighted by Crippen LogP contribution is -2.37. The number of hydrogen-bond donors (Lipinski definition) is 1. The summed E-state index contributed by atoms with van der Waals surface area (Å²) in [7, 11) is 0. The monoisotopic (exact) mass is 213 g/mol. The molecule has 0 aliphatic rings. The highest BCUT2D eigenvalue weighted by molar-refractivity contribution is 5.78. The van der Waals surface area contributed by atoms with E-state index >= 15 is 0 Å². The van der Waals surface area contributed by atoms with E-state index in [0.717, 1.165) is 19.4 Å². The molecule has 0 unspecified atom stereocenters. The third-order valence-electron chi connectivity index (χ3n) is 2.30. The molecule has 0 atom stereocenters. The molecule has 0 amide bonds. The van der Waals surface area contributed by atoms with E-state index in [0.29, 0.717) is 18.1 Å². The fourth-order valence-corrected chi connectivity index (χ4v) is 1.41. The molecule has 0 fully saturated rings. The van der Waals surface area contributed by atoms with Crippen molar-refractivity contribution in [2.45, 2.75) is 65.8 Å². The van der Waals surface area contributed by atoms with Crippen LogP contribution in [0.25, 0.3) is 0 Å². The highest BCUT2D eigenvalue weighted by Crippen LogP contribution is 2.07. The summed E-state index contributed by atoms with van der Waals surface area (Å²) in [6.45, 7) is 11.6. The Bertz CT molecular complexity index is 179. The Morgan fingerprint density at radius 2 is 1.80 bits per heavy atom. The van der Waals surface area contributed by atoms with Crippen LogP contribution in [0.2, 0.25) is 0 Å². The van der Waals surface area contributed by atoms with Crippen LogP contribution < -0.4 is 5.32 Å². The van der Waals surface area contributed by atoms with Crippen molar-refractivity contribution in [3.8, 4) is 0 Å². The van der Waals surface area contributed by atoms with Crippen molar-refractivity contribution >= 4 is 5.78 Å². The van der Waals surface area contributed by atoms with Crippen LogP contribution in [0.15, 0.2) is 0 Å². The van der Waals surface area contributed by atoms with E-state index in [4.69, 9.17) is 0 Å². The van der Waals surface area contributed by atoms with Crippen molar-refractivity contribution in [3.63, 3.8) is 0 Å². The van der Waals surface area contributed by atoms with Gasteiger partial charge in [-0.2, -0.15) is 0 Å². The van der Waals surface area contributed by atoms with Gasteiger partial charge in [0.05, 0.1) is 0 Å². The molecule has 0 spiro atoms. The maximum atomic E-state index is 11.5. The zero-order chi connectivity index (χ0) is 11.9. The highest BCUT2D eigenvalue weighted by Gasteiger charge is 2.09. The summed E-state index contributed by atoms with van der Waals surface area (Å²) >= 11 is 0. The van der Waals surface area contributed by atoms with Crippen molar-refractivity contribution < 1.29 is 4.79 Å². The normalized spacial score (nSPS) is 12.1. The van der Waals surface area contributed by atoms with Gasteiger partial charge < -0.3 is 5.32 Å². The summed E-state index contributed by atoms with van der Waals surface area (Å²) in [5.74, 6) is 1.11. The van der Waals surface area contributed by atoms with Crippen molar-refractivity contribution in [2.24, 2.45) is 5.92 Å². The first kappa shape index (κ1) is 14.6. The number of nitrogens with one attached hydrogen (secondary N) is 1. The van der Waals surface area contributed by atoms with Crippen LogP contribution in [0.5, 0.6) is 0 Å². The van der Waals surface area contributed by atoms with Crippen LogP contribution in [0.3, 0.4) is 0 Å². The average Bonchev–Trinajstić information content (AvgIpc) is 2.00. The quantitative estimate of drug-likeness (QED) is 0.704. The predicted molar refractivity (Wildman–Crippen MR) is 66.1 cm³/mol. The standard InChI is InChI=1S/C13H27NO/c1-11(2)7-6-8-12(15)9-10-14-13(3,4)5/h11,14H,6-10H2,1-5H3. The molecule has 0 radical (unpaired) electrons. The van der Waals surface area contributed by atoms with Crippen molar-refractivity contribution in [1.82, 2.24) is 5.32 Å². The first-order chi connectivity index (χ1) is 6.81. The smallest absolute Gasteiger partial charge is 0.134 e. The average molecular weight is 213 g/mol. The summed E-state index contributed by atoms with van der Waals surface area (Å²) in [6.07, 6.45) is 3.64. The molecule has 2 heteroatoms. The minimum atomic E-state index is 0.123. The predicted octanol–water partition coefficient (Wildman–Crippen LogP) is 3.16. The van der Waals surface area contributed by atoms with Crippen molar-refractivity contribution in [1.29, 1.82) is 0 Å². The van der Waals surface area contributed by atoms with Gasteiger partial charge in [-0.15, -0.1) is 0 Å². The second kappa shape index (κ2) is 7.00. The van der Waals surface area contributed by atoms with Crippen LogP contribution in [-0.4, -0.2) is 17.9 Å². The van der Waals surface area contributed by atoms with E-state index in [1.54, 1.807) is 0 Å². The van der Waals surface area contributed by atoms with E-state index in [1.165, 1.54) is 6.42 Å². The van der Waals surface area contributed by atoms with Crippen LogP contribution in [0, 0.1) is 5.92 Å². The van der Waals surface area contributed by atoms with Gasteiger partial charge in [0.25, 0.3) is 0 Å². The Labute approximate surface area is 94.8 Å². The van der Waals surface area contributed by atoms with E-state index in [-0.39, 0.29) is 5.54 Å². The molecule has 0 rings (SSSR count). The summed E-state index contributed by atoms with van der Waals surface area (Å²) in [4.78, 5) is 11.5. The van der Waals surface area contributed by atoms with Gasteiger partial charge in [0.15, 0.2) is 0 Å². The molecular weight excluding hydrogens is 186 g/mol. The number of hydrogen-bond acceptors (Lipinski definition) is 2. The zero-order valence-corrected chi connectivity index (χ0v) is 11.0. The highest BCUT2D eigenvalue weighted by atomic mass is 16.1. The molecule has 0 heterocycles. The van der Waals surface area contributed by atoms with Crippen LogP contribution in [-0.2, 0) is 4.79 Å². The van der Waals surface area contributed by atoms with Gasteiger partial charge >= 0.3 is 0 Å². The molecule has 2 nitrogen and oxygen atoms in total. The lowest BCUT2D eigenvalue weighted by molar-refractivity contribution is -0.119. The van der Waals surface area contributed by atoms with E-state index in [9.17, 15) is 4.79 Å². The number of carbonyl (C=O) groups is 1. The van der Waals surface area contributed by atoms with Crippen LogP contribution in [0.1, 0.15) is 60.3 Å². The summed E-state index contributed by atoms with van der Waals surface area (Å²) in [5.41, 5.74) is 0.123. The molecule has 1 N–H and O–H groups in total. The van der Waals surface area contributed by atoms with Gasteiger partial charge in [0.1, 0.15) is 5.78 Å². The second-order valence-corrected chi connectivity index (χ2v) is 5.75. The summed E-state index contributed by atoms with van der Waals surface area (Å²) in [5, 5.41) is 3.33. The molecule has 0 aromatic rings. The van der Waals surface area contributed by atoms with E-state index < -0.39 is 0 Å². The molecule has 15 heavy (non-hydrogen) atoms. The zero-order valence-electron chi connectivity index (χ0n) is 11.0. The van der Waals surface area contributed by atoms with Gasteiger partial charge in [0, 0.05) is 24.9 Å². The van der Waals surface area contributed by atoms with Gasteiger partial charge in [-0.25, -0.2) is 0 Å². The SMILES string of the molecule is CC(C)CCCC(=O)CCNC(C)(C)C. The molecular formula is C13H27NO. The van der Waals surface area contributed by atoms with Gasteiger partial charge in [-0.3, -0.25) is 4.79 Å². The third-order valence-corrected chi connectivity index (χ3v) is 2.30. The maximum absolute atomic E-state index is 11.5. The third kappa shape index (κ3) is 11.6. The molecule has 0 saturated heterocycles. The van der Waals surface area contributed by atoms with Gasteiger partial charge in [-0.1, -0.05) is 20.3 Å². The summed E-state index contributed by atoms with van der Waals surface area (Å²) in [6, 6.07) is 0. The maximum Gasteiger partial charge on any atom is 0.134 e. The Kier molecular flexibility index (Phi) is 6.82. The van der Waals surface area contributed by atoms with Crippen molar-refractivity contribution in [2.75, 3.05) is 6.54 Å². The Hall–Kier alpha value is -0.370. The minimum absolute atomic E-state index is 0.123. The number of Topliss-reactive ketones (excluding diaryl/α,β-unsaturated/α-hetero) is 1. The molecule has 0 bridgehead atoms. The number of rotatable bonds is 7. The molecule has 0 aromatic heterocycles. The molecule has 0 saturated carbocycles. The largest absolute Gasteiger partial charge is 0.312 e. The van der Waals surface area contributed by atoms with Crippen molar-refractivity contribution in [3.05, 3.63) is 0 Å². The van der Waals surface area contributed by atoms with E-state index in [1.807, 2.05) is 0 Å². The van der Waals surface area contributed by atoms with Gasteiger partial charge in [-0.05, 0) is 33.1 Å². The Morgan fingerprint density at radius 3 is 2.27 bits per heavy atom. The van der Waals surface area contributed by atoms with E-state index in [2.05, 4.69) is 39.9 Å². The molecule has 90 valence electrons. The molecule has 0 aliphatic heterocycles. The topological polar surface area (TPSA) is 29.1 Å². The summed E-state index contributed by atoms with van der Waals surface area (Å²) < 4.78 is 0. The first-order valence-electron chi connectivity index (χ1n) is 6.08. The number of ketones is 1. The molecule has 0 aromatic carbocycles.